The van der Waals surface area contributed by atoms with Crippen molar-refractivity contribution in [2.75, 3.05) is 13.2 Å². The van der Waals surface area contributed by atoms with Gasteiger partial charge in [0.05, 0.1) is 11.5 Å². The van der Waals surface area contributed by atoms with Gasteiger partial charge < -0.3 is 10.0 Å². The van der Waals surface area contributed by atoms with E-state index >= 15 is 0 Å². The highest BCUT2D eigenvalue weighted by Gasteiger charge is 2.26. The number of amides is 1. The van der Waals surface area contributed by atoms with E-state index in [1.807, 2.05) is 16.3 Å². The summed E-state index contributed by atoms with van der Waals surface area (Å²) in [5.74, 6) is 0.0428. The van der Waals surface area contributed by atoms with Crippen molar-refractivity contribution < 1.29 is 9.90 Å². The molecule has 0 aromatic carbocycles. The number of nitrogens with zero attached hydrogens (tertiary/aromatic N) is 1. The maximum Gasteiger partial charge on any atom is 0.264 e. The monoisotopic (exact) mass is 285 g/mol. The summed E-state index contributed by atoms with van der Waals surface area (Å²) < 4.78 is 0. The molecule has 1 aromatic heterocycles. The second kappa shape index (κ2) is 6.59. The van der Waals surface area contributed by atoms with E-state index in [-0.39, 0.29) is 12.5 Å². The van der Waals surface area contributed by atoms with E-state index in [9.17, 15) is 4.79 Å². The minimum Gasteiger partial charge on any atom is -0.395 e. The number of aliphatic hydroxyl groups is 1. The van der Waals surface area contributed by atoms with E-state index in [1.54, 1.807) is 0 Å². The van der Waals surface area contributed by atoms with Crippen LogP contribution in [0.4, 0.5) is 0 Å². The Morgan fingerprint density at radius 2 is 2.17 bits per heavy atom. The molecule has 1 N–H and O–H groups in total. The maximum atomic E-state index is 12.4. The quantitative estimate of drug-likeness (QED) is 0.835. The van der Waals surface area contributed by atoms with Gasteiger partial charge in [0.2, 0.25) is 0 Å². The molecule has 5 heteroatoms. The molecule has 3 nitrogen and oxygen atoms in total. The standard InChI is InChI=1S/C13H19NO2S2/c15-7-6-14(10-4-2-1-3-5-10)13(16)12-8-11(17)9-18-12/h8-10,15,17H,1-7H2. The maximum absolute atomic E-state index is 12.4. The predicted octanol–water partition coefficient (Wildman–Crippen LogP) is 2.80. The molecule has 1 aromatic rings. The Morgan fingerprint density at radius 3 is 2.72 bits per heavy atom. The smallest absolute Gasteiger partial charge is 0.264 e. The minimum absolute atomic E-state index is 0.0291. The Hall–Kier alpha value is -0.520. The molecule has 18 heavy (non-hydrogen) atoms. The van der Waals surface area contributed by atoms with Crippen molar-refractivity contribution in [3.63, 3.8) is 0 Å². The number of rotatable bonds is 4. The Bertz CT molecular complexity index is 399. The molecule has 0 unspecified atom stereocenters. The Balaban J connectivity index is 2.10. The molecule has 1 amide bonds. The second-order valence-electron chi connectivity index (χ2n) is 4.68. The highest BCUT2D eigenvalue weighted by atomic mass is 32.1. The van der Waals surface area contributed by atoms with Crippen LogP contribution in [0.15, 0.2) is 16.3 Å². The molecule has 1 aliphatic carbocycles. The van der Waals surface area contributed by atoms with Gasteiger partial charge >= 0.3 is 0 Å². The zero-order valence-corrected chi connectivity index (χ0v) is 12.1. The predicted molar refractivity (Wildman–Crippen MR) is 76.6 cm³/mol. The van der Waals surface area contributed by atoms with Crippen LogP contribution in [0.3, 0.4) is 0 Å². The molecule has 0 bridgehead atoms. The number of aliphatic hydroxyl groups excluding tert-OH is 1. The number of hydrogen-bond donors (Lipinski definition) is 2. The Kier molecular flexibility index (Phi) is 5.09. The van der Waals surface area contributed by atoms with Crippen molar-refractivity contribution >= 4 is 29.9 Å². The van der Waals surface area contributed by atoms with Gasteiger partial charge in [0, 0.05) is 22.9 Å². The SMILES string of the molecule is O=C(c1cc(S)cs1)N(CCO)C1CCCCC1. The first kappa shape index (κ1) is 13.9. The lowest BCUT2D eigenvalue weighted by Crippen LogP contribution is -2.42. The molecule has 0 atom stereocenters. The van der Waals surface area contributed by atoms with E-state index in [0.717, 1.165) is 22.6 Å². The molecule has 0 spiro atoms. The molecule has 1 heterocycles. The van der Waals surface area contributed by atoms with Crippen molar-refractivity contribution in [1.82, 2.24) is 4.90 Å². The van der Waals surface area contributed by atoms with Crippen LogP contribution in [0.2, 0.25) is 0 Å². The third-order valence-electron chi connectivity index (χ3n) is 3.41. The fourth-order valence-electron chi connectivity index (χ4n) is 2.53. The summed E-state index contributed by atoms with van der Waals surface area (Å²) in [5.41, 5.74) is 0. The fourth-order valence-corrected chi connectivity index (χ4v) is 3.63. The summed E-state index contributed by atoms with van der Waals surface area (Å²) in [6.45, 7) is 0.463. The third kappa shape index (κ3) is 3.28. The zero-order valence-electron chi connectivity index (χ0n) is 10.3. The van der Waals surface area contributed by atoms with Gasteiger partial charge in [-0.2, -0.15) is 0 Å². The molecule has 1 aliphatic rings. The number of hydrogen-bond acceptors (Lipinski definition) is 4. The summed E-state index contributed by atoms with van der Waals surface area (Å²) in [5, 5.41) is 11.0. The molecule has 1 fully saturated rings. The Labute approximate surface area is 117 Å². The molecule has 0 radical (unpaired) electrons. The molecular formula is C13H19NO2S2. The first-order chi connectivity index (χ1) is 8.72. The fraction of sp³-hybridized carbons (Fsp3) is 0.615. The van der Waals surface area contributed by atoms with Crippen molar-refractivity contribution in [3.05, 3.63) is 16.3 Å². The van der Waals surface area contributed by atoms with Crippen molar-refractivity contribution in [2.24, 2.45) is 0 Å². The normalized spacial score (nSPS) is 16.8. The van der Waals surface area contributed by atoms with Crippen molar-refractivity contribution in [3.8, 4) is 0 Å². The molecule has 2 rings (SSSR count). The van der Waals surface area contributed by atoms with Crippen LogP contribution in [-0.4, -0.2) is 35.1 Å². The highest BCUT2D eigenvalue weighted by molar-refractivity contribution is 7.80. The lowest BCUT2D eigenvalue weighted by atomic mass is 9.94. The van der Waals surface area contributed by atoms with E-state index < -0.39 is 0 Å². The molecule has 0 aliphatic heterocycles. The van der Waals surface area contributed by atoms with Crippen LogP contribution >= 0.6 is 24.0 Å². The van der Waals surface area contributed by atoms with Crippen molar-refractivity contribution in [2.45, 2.75) is 43.0 Å². The lowest BCUT2D eigenvalue weighted by molar-refractivity contribution is 0.0590. The van der Waals surface area contributed by atoms with Crippen molar-refractivity contribution in [1.29, 1.82) is 0 Å². The second-order valence-corrected chi connectivity index (χ2v) is 6.11. The first-order valence-corrected chi connectivity index (χ1v) is 7.74. The van der Waals surface area contributed by atoms with E-state index in [1.165, 1.54) is 30.6 Å². The summed E-state index contributed by atoms with van der Waals surface area (Å²) in [6.07, 6.45) is 5.75. The van der Waals surface area contributed by atoms with E-state index in [2.05, 4.69) is 12.6 Å². The van der Waals surface area contributed by atoms with Gasteiger partial charge in [-0.25, -0.2) is 0 Å². The summed E-state index contributed by atoms with van der Waals surface area (Å²) in [7, 11) is 0. The summed E-state index contributed by atoms with van der Waals surface area (Å²) in [6, 6.07) is 2.10. The summed E-state index contributed by atoms with van der Waals surface area (Å²) >= 11 is 5.66. The molecule has 0 saturated heterocycles. The van der Waals surface area contributed by atoms with Gasteiger partial charge in [-0.05, 0) is 18.9 Å². The van der Waals surface area contributed by atoms with Crippen LogP contribution in [0, 0.1) is 0 Å². The first-order valence-electron chi connectivity index (χ1n) is 6.41. The van der Waals surface area contributed by atoms with Crippen LogP contribution in [0.5, 0.6) is 0 Å². The molecule has 100 valence electrons. The number of thiophene rings is 1. The minimum atomic E-state index is 0.0291. The van der Waals surface area contributed by atoms with Crippen LogP contribution in [-0.2, 0) is 0 Å². The van der Waals surface area contributed by atoms with Gasteiger partial charge in [-0.15, -0.1) is 24.0 Å². The van der Waals surface area contributed by atoms with Crippen LogP contribution < -0.4 is 0 Å². The van der Waals surface area contributed by atoms with Gasteiger partial charge in [0.1, 0.15) is 0 Å². The lowest BCUT2D eigenvalue weighted by Gasteiger charge is -2.33. The van der Waals surface area contributed by atoms with Crippen LogP contribution in [0.1, 0.15) is 41.8 Å². The zero-order chi connectivity index (χ0) is 13.0. The average Bonchev–Trinajstić information content (AvgIpc) is 2.83. The highest BCUT2D eigenvalue weighted by Crippen LogP contribution is 2.26. The average molecular weight is 285 g/mol. The Morgan fingerprint density at radius 1 is 1.44 bits per heavy atom. The number of carbonyl (C=O) groups excluding carboxylic acids is 1. The number of thiol groups is 1. The topological polar surface area (TPSA) is 40.5 Å². The van der Waals surface area contributed by atoms with E-state index in [0.29, 0.717) is 12.6 Å². The molecule has 1 saturated carbocycles. The van der Waals surface area contributed by atoms with Gasteiger partial charge in [0.15, 0.2) is 0 Å². The number of carbonyl (C=O) groups is 1. The van der Waals surface area contributed by atoms with Crippen LogP contribution in [0.25, 0.3) is 0 Å². The largest absolute Gasteiger partial charge is 0.395 e. The van der Waals surface area contributed by atoms with Gasteiger partial charge in [-0.3, -0.25) is 4.79 Å². The third-order valence-corrected chi connectivity index (χ3v) is 4.76. The molecular weight excluding hydrogens is 266 g/mol. The van der Waals surface area contributed by atoms with E-state index in [4.69, 9.17) is 5.11 Å². The summed E-state index contributed by atoms with van der Waals surface area (Å²) in [4.78, 5) is 15.8. The van der Waals surface area contributed by atoms with Gasteiger partial charge in [0.25, 0.3) is 5.91 Å². The van der Waals surface area contributed by atoms with Gasteiger partial charge in [-0.1, -0.05) is 19.3 Å².